The molecule has 0 bridgehead atoms. The van der Waals surface area contributed by atoms with Crippen molar-refractivity contribution in [2.24, 2.45) is 0 Å². The molecule has 0 aromatic heterocycles. The van der Waals surface area contributed by atoms with Crippen LogP contribution in [0.1, 0.15) is 23.1 Å². The van der Waals surface area contributed by atoms with Gasteiger partial charge in [-0.25, -0.2) is 0 Å². The number of hydrogen-bond acceptors (Lipinski definition) is 4. The van der Waals surface area contributed by atoms with Gasteiger partial charge in [0.1, 0.15) is 11.7 Å². The highest BCUT2D eigenvalue weighted by molar-refractivity contribution is 5.47. The summed E-state index contributed by atoms with van der Waals surface area (Å²) in [5.41, 5.74) is 2.43. The van der Waals surface area contributed by atoms with E-state index in [4.69, 9.17) is 18.9 Å². The van der Waals surface area contributed by atoms with Gasteiger partial charge in [-0.15, -0.1) is 0 Å². The number of rotatable bonds is 8. The van der Waals surface area contributed by atoms with Gasteiger partial charge in [-0.2, -0.15) is 0 Å². The zero-order valence-electron chi connectivity index (χ0n) is 17.4. The third-order valence-electron chi connectivity index (χ3n) is 5.74. The van der Waals surface area contributed by atoms with Gasteiger partial charge in [0.25, 0.3) is 0 Å². The molecule has 3 atom stereocenters. The summed E-state index contributed by atoms with van der Waals surface area (Å²) < 4.78 is 23.9. The van der Waals surface area contributed by atoms with Crippen LogP contribution in [-0.4, -0.2) is 39.3 Å². The standard InChI is InChI=1S/C26H28O4/c1-27-23-18-25(28-2)30-24(23)19-29-26(20-12-6-3-7-13-20,21-14-8-4-9-15-21)22-16-10-5-11-17-22/h3-17,23-25H,18-19H2,1-2H3/t23-,24+,25?/m0/s1. The highest BCUT2D eigenvalue weighted by atomic mass is 16.7. The minimum Gasteiger partial charge on any atom is -0.378 e. The summed E-state index contributed by atoms with van der Waals surface area (Å²) in [6, 6.07) is 31.0. The van der Waals surface area contributed by atoms with Crippen LogP contribution in [0.3, 0.4) is 0 Å². The fourth-order valence-corrected chi connectivity index (χ4v) is 4.20. The zero-order valence-corrected chi connectivity index (χ0v) is 17.4. The van der Waals surface area contributed by atoms with Crippen molar-refractivity contribution in [1.82, 2.24) is 0 Å². The van der Waals surface area contributed by atoms with E-state index in [1.165, 1.54) is 0 Å². The van der Waals surface area contributed by atoms with Crippen LogP contribution in [-0.2, 0) is 24.5 Å². The van der Waals surface area contributed by atoms with Crippen LogP contribution in [0.4, 0.5) is 0 Å². The Hall–Kier alpha value is -2.50. The van der Waals surface area contributed by atoms with Crippen molar-refractivity contribution in [3.63, 3.8) is 0 Å². The Morgan fingerprint density at radius 1 is 0.733 bits per heavy atom. The third-order valence-corrected chi connectivity index (χ3v) is 5.74. The highest BCUT2D eigenvalue weighted by Crippen LogP contribution is 2.41. The molecule has 3 aromatic rings. The minimum absolute atomic E-state index is 0.0741. The summed E-state index contributed by atoms with van der Waals surface area (Å²) in [5, 5.41) is 0. The first kappa shape index (κ1) is 20.8. The molecule has 1 fully saturated rings. The molecule has 0 radical (unpaired) electrons. The van der Waals surface area contributed by atoms with Crippen LogP contribution < -0.4 is 0 Å². The first-order valence-electron chi connectivity index (χ1n) is 10.3. The summed E-state index contributed by atoms with van der Waals surface area (Å²) >= 11 is 0. The van der Waals surface area contributed by atoms with Crippen LogP contribution in [0.15, 0.2) is 91.0 Å². The van der Waals surface area contributed by atoms with Crippen molar-refractivity contribution in [3.05, 3.63) is 108 Å². The Morgan fingerprint density at radius 3 is 1.60 bits per heavy atom. The number of hydrogen-bond donors (Lipinski definition) is 0. The van der Waals surface area contributed by atoms with Gasteiger partial charge in [0, 0.05) is 20.6 Å². The lowest BCUT2D eigenvalue weighted by molar-refractivity contribution is -0.146. The van der Waals surface area contributed by atoms with Gasteiger partial charge in [0.15, 0.2) is 6.29 Å². The summed E-state index contributed by atoms with van der Waals surface area (Å²) in [4.78, 5) is 0. The Balaban J connectivity index is 1.77. The van der Waals surface area contributed by atoms with Crippen molar-refractivity contribution >= 4 is 0 Å². The molecule has 1 aliphatic rings. The van der Waals surface area contributed by atoms with E-state index in [-0.39, 0.29) is 18.5 Å². The molecule has 1 saturated heterocycles. The van der Waals surface area contributed by atoms with Gasteiger partial charge in [0.2, 0.25) is 0 Å². The second-order valence-electron chi connectivity index (χ2n) is 7.44. The lowest BCUT2D eigenvalue weighted by Gasteiger charge is -2.37. The second kappa shape index (κ2) is 9.54. The van der Waals surface area contributed by atoms with Crippen molar-refractivity contribution in [2.75, 3.05) is 20.8 Å². The first-order valence-corrected chi connectivity index (χ1v) is 10.3. The second-order valence-corrected chi connectivity index (χ2v) is 7.44. The van der Waals surface area contributed by atoms with Crippen molar-refractivity contribution in [3.8, 4) is 0 Å². The topological polar surface area (TPSA) is 36.9 Å². The van der Waals surface area contributed by atoms with Crippen LogP contribution >= 0.6 is 0 Å². The Morgan fingerprint density at radius 2 is 1.20 bits per heavy atom. The van der Waals surface area contributed by atoms with E-state index < -0.39 is 5.60 Å². The molecule has 30 heavy (non-hydrogen) atoms. The molecule has 1 heterocycles. The fourth-order valence-electron chi connectivity index (χ4n) is 4.20. The van der Waals surface area contributed by atoms with E-state index in [9.17, 15) is 0 Å². The van der Waals surface area contributed by atoms with Gasteiger partial charge in [0.05, 0.1) is 12.7 Å². The van der Waals surface area contributed by atoms with Crippen LogP contribution in [0.5, 0.6) is 0 Å². The Kier molecular flexibility index (Phi) is 6.60. The summed E-state index contributed by atoms with van der Waals surface area (Å²) in [5.74, 6) is 0. The molecule has 0 N–H and O–H groups in total. The normalized spacial score (nSPS) is 21.6. The fraction of sp³-hybridized carbons (Fsp3) is 0.308. The SMILES string of the molecule is COC1C[C@H](OC)[C@@H](COC(c2ccccc2)(c2ccccc2)c2ccccc2)O1. The average molecular weight is 405 g/mol. The number of ether oxygens (including phenoxy) is 4. The van der Waals surface area contributed by atoms with Crippen molar-refractivity contribution in [2.45, 2.75) is 30.5 Å². The molecular weight excluding hydrogens is 376 g/mol. The van der Waals surface area contributed by atoms with Gasteiger partial charge in [-0.3, -0.25) is 0 Å². The van der Waals surface area contributed by atoms with E-state index in [2.05, 4.69) is 36.4 Å². The summed E-state index contributed by atoms with van der Waals surface area (Å²) in [6.07, 6.45) is 0.129. The maximum absolute atomic E-state index is 6.84. The smallest absolute Gasteiger partial charge is 0.160 e. The van der Waals surface area contributed by atoms with Gasteiger partial charge < -0.3 is 18.9 Å². The summed E-state index contributed by atoms with van der Waals surface area (Å²) in [7, 11) is 3.36. The Bertz CT molecular complexity index is 801. The molecule has 156 valence electrons. The third kappa shape index (κ3) is 4.05. The van der Waals surface area contributed by atoms with E-state index in [0.29, 0.717) is 13.0 Å². The zero-order chi connectivity index (χ0) is 20.8. The molecule has 1 unspecified atom stereocenters. The molecule has 0 spiro atoms. The molecule has 0 saturated carbocycles. The monoisotopic (exact) mass is 404 g/mol. The first-order chi connectivity index (χ1) is 14.8. The van der Waals surface area contributed by atoms with Crippen LogP contribution in [0, 0.1) is 0 Å². The lowest BCUT2D eigenvalue weighted by atomic mass is 9.80. The molecule has 0 amide bonds. The Labute approximate surface area is 178 Å². The molecule has 4 rings (SSSR count). The van der Waals surface area contributed by atoms with Crippen molar-refractivity contribution < 1.29 is 18.9 Å². The van der Waals surface area contributed by atoms with Crippen LogP contribution in [0.25, 0.3) is 0 Å². The molecule has 1 aliphatic heterocycles. The maximum atomic E-state index is 6.84. The summed E-state index contributed by atoms with van der Waals surface area (Å²) in [6.45, 7) is 0.372. The molecule has 0 aliphatic carbocycles. The van der Waals surface area contributed by atoms with E-state index in [0.717, 1.165) is 16.7 Å². The maximum Gasteiger partial charge on any atom is 0.160 e. The number of benzene rings is 3. The van der Waals surface area contributed by atoms with Gasteiger partial charge >= 0.3 is 0 Å². The van der Waals surface area contributed by atoms with Crippen molar-refractivity contribution in [1.29, 1.82) is 0 Å². The van der Waals surface area contributed by atoms with E-state index >= 15 is 0 Å². The highest BCUT2D eigenvalue weighted by Gasteiger charge is 2.41. The largest absolute Gasteiger partial charge is 0.378 e. The number of methoxy groups -OCH3 is 2. The van der Waals surface area contributed by atoms with E-state index in [1.807, 2.05) is 54.6 Å². The molecule has 4 nitrogen and oxygen atoms in total. The predicted molar refractivity (Wildman–Crippen MR) is 116 cm³/mol. The predicted octanol–water partition coefficient (Wildman–Crippen LogP) is 4.77. The molecular formula is C26H28O4. The molecule has 3 aromatic carbocycles. The quantitative estimate of drug-likeness (QED) is 0.507. The van der Waals surface area contributed by atoms with E-state index in [1.54, 1.807) is 14.2 Å². The molecule has 4 heteroatoms. The van der Waals surface area contributed by atoms with Gasteiger partial charge in [-0.05, 0) is 16.7 Å². The minimum atomic E-state index is -0.767. The van der Waals surface area contributed by atoms with Crippen LogP contribution in [0.2, 0.25) is 0 Å². The average Bonchev–Trinajstić information content (AvgIpc) is 3.24. The van der Waals surface area contributed by atoms with Gasteiger partial charge in [-0.1, -0.05) is 91.0 Å². The lowest BCUT2D eigenvalue weighted by Crippen LogP contribution is -2.38.